The Morgan fingerprint density at radius 2 is 2.00 bits per heavy atom. The molecule has 126 valence electrons. The van der Waals surface area contributed by atoms with E-state index in [0.29, 0.717) is 13.1 Å². The standard InChI is InChI=1S/C16H23N3O4/c1-22-13-6-4-12(5-7-13)9-17-15(20)11-19-16(21)18-10-14-3-2-8-23-14/h4-7,14H,2-3,8-11H2,1H3,(H,17,20)(H2,18,19,21)/t14-/m1/s1. The van der Waals surface area contributed by atoms with E-state index in [9.17, 15) is 9.59 Å². The number of hydrogen-bond donors (Lipinski definition) is 3. The zero-order valence-electron chi connectivity index (χ0n) is 13.3. The molecule has 7 nitrogen and oxygen atoms in total. The van der Waals surface area contributed by atoms with Crippen molar-refractivity contribution < 1.29 is 19.1 Å². The Hall–Kier alpha value is -2.28. The summed E-state index contributed by atoms with van der Waals surface area (Å²) in [6.07, 6.45) is 2.08. The molecular weight excluding hydrogens is 298 g/mol. The van der Waals surface area contributed by atoms with Crippen LogP contribution in [0.4, 0.5) is 4.79 Å². The lowest BCUT2D eigenvalue weighted by molar-refractivity contribution is -0.120. The Bertz CT molecular complexity index is 513. The number of hydrogen-bond acceptors (Lipinski definition) is 4. The van der Waals surface area contributed by atoms with Gasteiger partial charge in [-0.05, 0) is 30.5 Å². The predicted octanol–water partition coefficient (Wildman–Crippen LogP) is 0.790. The number of methoxy groups -OCH3 is 1. The first-order valence-electron chi connectivity index (χ1n) is 7.70. The third kappa shape index (κ3) is 6.15. The Morgan fingerprint density at radius 1 is 1.22 bits per heavy atom. The van der Waals surface area contributed by atoms with E-state index in [1.54, 1.807) is 7.11 Å². The molecule has 1 saturated heterocycles. The van der Waals surface area contributed by atoms with Gasteiger partial charge in [0, 0.05) is 19.7 Å². The van der Waals surface area contributed by atoms with E-state index >= 15 is 0 Å². The van der Waals surface area contributed by atoms with Crippen LogP contribution in [0.2, 0.25) is 0 Å². The largest absolute Gasteiger partial charge is 0.497 e. The number of urea groups is 1. The van der Waals surface area contributed by atoms with Crippen LogP contribution in [-0.4, -0.2) is 44.8 Å². The van der Waals surface area contributed by atoms with Crippen molar-refractivity contribution in [2.75, 3.05) is 26.8 Å². The van der Waals surface area contributed by atoms with Crippen LogP contribution in [-0.2, 0) is 16.1 Å². The second-order valence-corrected chi connectivity index (χ2v) is 5.32. The fourth-order valence-electron chi connectivity index (χ4n) is 2.24. The average molecular weight is 321 g/mol. The SMILES string of the molecule is COc1ccc(CNC(=O)CNC(=O)NC[C@H]2CCCO2)cc1. The molecule has 0 bridgehead atoms. The van der Waals surface area contributed by atoms with Crippen molar-refractivity contribution in [1.82, 2.24) is 16.0 Å². The fraction of sp³-hybridized carbons (Fsp3) is 0.500. The molecule has 1 heterocycles. The zero-order valence-corrected chi connectivity index (χ0v) is 13.3. The normalized spacial score (nSPS) is 16.7. The molecule has 1 fully saturated rings. The molecule has 2 rings (SSSR count). The minimum atomic E-state index is -0.361. The van der Waals surface area contributed by atoms with Gasteiger partial charge in [0.05, 0.1) is 19.8 Å². The van der Waals surface area contributed by atoms with Crippen molar-refractivity contribution in [3.63, 3.8) is 0 Å². The van der Waals surface area contributed by atoms with Gasteiger partial charge in [-0.1, -0.05) is 12.1 Å². The Morgan fingerprint density at radius 3 is 2.65 bits per heavy atom. The Balaban J connectivity index is 1.59. The van der Waals surface area contributed by atoms with Gasteiger partial charge in [0.15, 0.2) is 0 Å². The molecule has 3 N–H and O–H groups in total. The molecule has 7 heteroatoms. The highest BCUT2D eigenvalue weighted by Gasteiger charge is 2.16. The third-order valence-electron chi connectivity index (χ3n) is 3.57. The van der Waals surface area contributed by atoms with Gasteiger partial charge in [0.1, 0.15) is 5.75 Å². The number of rotatable bonds is 7. The van der Waals surface area contributed by atoms with Crippen LogP contribution < -0.4 is 20.7 Å². The lowest BCUT2D eigenvalue weighted by Gasteiger charge is -2.12. The minimum absolute atomic E-state index is 0.0620. The predicted molar refractivity (Wildman–Crippen MR) is 85.2 cm³/mol. The number of ether oxygens (including phenoxy) is 2. The van der Waals surface area contributed by atoms with Gasteiger partial charge in [0.25, 0.3) is 0 Å². The second kappa shape index (κ2) is 8.99. The first-order valence-corrected chi connectivity index (χ1v) is 7.70. The molecule has 1 aromatic rings. The van der Waals surface area contributed by atoms with Crippen molar-refractivity contribution in [1.29, 1.82) is 0 Å². The monoisotopic (exact) mass is 321 g/mol. The maximum Gasteiger partial charge on any atom is 0.315 e. The smallest absolute Gasteiger partial charge is 0.315 e. The van der Waals surface area contributed by atoms with Gasteiger partial charge < -0.3 is 25.4 Å². The van der Waals surface area contributed by atoms with Gasteiger partial charge in [-0.15, -0.1) is 0 Å². The molecule has 0 aliphatic carbocycles. The van der Waals surface area contributed by atoms with Crippen molar-refractivity contribution in [2.45, 2.75) is 25.5 Å². The fourth-order valence-corrected chi connectivity index (χ4v) is 2.24. The molecular formula is C16H23N3O4. The average Bonchev–Trinajstić information content (AvgIpc) is 3.10. The highest BCUT2D eigenvalue weighted by atomic mass is 16.5. The number of carbonyl (C=O) groups excluding carboxylic acids is 2. The maximum absolute atomic E-state index is 11.7. The number of carbonyl (C=O) groups is 2. The number of amides is 3. The van der Waals surface area contributed by atoms with Gasteiger partial charge in [-0.3, -0.25) is 4.79 Å². The second-order valence-electron chi connectivity index (χ2n) is 5.32. The van der Waals surface area contributed by atoms with Crippen LogP contribution in [0, 0.1) is 0 Å². The summed E-state index contributed by atoms with van der Waals surface area (Å²) >= 11 is 0. The molecule has 0 spiro atoms. The van der Waals surface area contributed by atoms with Crippen molar-refractivity contribution in [3.05, 3.63) is 29.8 Å². The lowest BCUT2D eigenvalue weighted by atomic mass is 10.2. The maximum atomic E-state index is 11.7. The summed E-state index contributed by atoms with van der Waals surface area (Å²) in [5.74, 6) is 0.526. The molecule has 0 unspecified atom stereocenters. The van der Waals surface area contributed by atoms with Crippen molar-refractivity contribution in [2.24, 2.45) is 0 Å². The van der Waals surface area contributed by atoms with E-state index in [-0.39, 0.29) is 24.6 Å². The Labute approximate surface area is 135 Å². The van der Waals surface area contributed by atoms with E-state index in [0.717, 1.165) is 30.8 Å². The summed E-state index contributed by atoms with van der Waals surface area (Å²) in [5, 5.41) is 7.96. The summed E-state index contributed by atoms with van der Waals surface area (Å²) in [7, 11) is 1.60. The Kier molecular flexibility index (Phi) is 6.68. The molecule has 1 aliphatic rings. The van der Waals surface area contributed by atoms with Gasteiger partial charge in [0.2, 0.25) is 5.91 Å². The first kappa shape index (κ1) is 17.1. The van der Waals surface area contributed by atoms with Crippen LogP contribution in [0.3, 0.4) is 0 Å². The van der Waals surface area contributed by atoms with E-state index in [1.165, 1.54) is 0 Å². The molecule has 1 aromatic carbocycles. The van der Waals surface area contributed by atoms with E-state index in [2.05, 4.69) is 16.0 Å². The molecule has 1 atom stereocenters. The van der Waals surface area contributed by atoms with Gasteiger partial charge in [-0.2, -0.15) is 0 Å². The van der Waals surface area contributed by atoms with Crippen LogP contribution in [0.1, 0.15) is 18.4 Å². The van der Waals surface area contributed by atoms with Gasteiger partial charge >= 0.3 is 6.03 Å². The van der Waals surface area contributed by atoms with Crippen LogP contribution in [0.5, 0.6) is 5.75 Å². The first-order chi connectivity index (χ1) is 11.2. The summed E-state index contributed by atoms with van der Waals surface area (Å²) in [4.78, 5) is 23.3. The number of nitrogens with one attached hydrogen (secondary N) is 3. The molecule has 1 aliphatic heterocycles. The lowest BCUT2D eigenvalue weighted by Crippen LogP contribution is -2.43. The van der Waals surface area contributed by atoms with Crippen LogP contribution in [0.15, 0.2) is 24.3 Å². The molecule has 0 aromatic heterocycles. The summed E-state index contributed by atoms with van der Waals surface area (Å²) in [6, 6.07) is 7.05. The zero-order chi connectivity index (χ0) is 16.5. The minimum Gasteiger partial charge on any atom is -0.497 e. The molecule has 3 amide bonds. The van der Waals surface area contributed by atoms with Crippen LogP contribution >= 0.6 is 0 Å². The van der Waals surface area contributed by atoms with Gasteiger partial charge in [-0.25, -0.2) is 4.79 Å². The molecule has 0 saturated carbocycles. The molecule has 23 heavy (non-hydrogen) atoms. The highest BCUT2D eigenvalue weighted by molar-refractivity contribution is 5.83. The summed E-state index contributed by atoms with van der Waals surface area (Å²) in [6.45, 7) is 1.57. The highest BCUT2D eigenvalue weighted by Crippen LogP contribution is 2.11. The molecule has 0 radical (unpaired) electrons. The quantitative estimate of drug-likeness (QED) is 0.693. The van der Waals surface area contributed by atoms with Crippen molar-refractivity contribution in [3.8, 4) is 5.75 Å². The topological polar surface area (TPSA) is 88.7 Å². The third-order valence-corrected chi connectivity index (χ3v) is 3.57. The summed E-state index contributed by atoms with van der Waals surface area (Å²) in [5.41, 5.74) is 0.960. The summed E-state index contributed by atoms with van der Waals surface area (Å²) < 4.78 is 10.5. The van der Waals surface area contributed by atoms with E-state index in [4.69, 9.17) is 9.47 Å². The number of benzene rings is 1. The van der Waals surface area contributed by atoms with Crippen LogP contribution in [0.25, 0.3) is 0 Å². The van der Waals surface area contributed by atoms with E-state index < -0.39 is 0 Å². The van der Waals surface area contributed by atoms with Crippen molar-refractivity contribution >= 4 is 11.9 Å². The van der Waals surface area contributed by atoms with E-state index in [1.807, 2.05) is 24.3 Å².